The second-order valence-corrected chi connectivity index (χ2v) is 7.45. The maximum absolute atomic E-state index is 12.5. The summed E-state index contributed by atoms with van der Waals surface area (Å²) in [5.74, 6) is 3.22. The van der Waals surface area contributed by atoms with Gasteiger partial charge in [0.2, 0.25) is 5.91 Å². The number of hydrogen-bond acceptors (Lipinski definition) is 5. The van der Waals surface area contributed by atoms with Crippen molar-refractivity contribution < 1.29 is 9.53 Å². The number of rotatable bonds is 5. The first-order chi connectivity index (χ1) is 13.1. The van der Waals surface area contributed by atoms with Crippen molar-refractivity contribution in [2.75, 3.05) is 6.54 Å². The summed E-state index contributed by atoms with van der Waals surface area (Å²) in [6.45, 7) is 0.213. The van der Waals surface area contributed by atoms with Crippen LogP contribution in [-0.4, -0.2) is 46.6 Å². The zero-order valence-electron chi connectivity index (χ0n) is 15.1. The number of nitrogens with zero attached hydrogens (tertiary/aromatic N) is 3. The number of amides is 1. The van der Waals surface area contributed by atoms with Crippen LogP contribution in [0.25, 0.3) is 0 Å². The summed E-state index contributed by atoms with van der Waals surface area (Å²) in [4.78, 5) is 18.1. The summed E-state index contributed by atoms with van der Waals surface area (Å²) in [7, 11) is 0. The molecule has 1 saturated heterocycles. The number of nitriles is 1. The van der Waals surface area contributed by atoms with Crippen molar-refractivity contribution in [3.63, 3.8) is 0 Å². The number of carbonyl (C=O) groups excluding carboxylic acids is 1. The molecule has 1 unspecified atom stereocenters. The van der Waals surface area contributed by atoms with Gasteiger partial charge >= 0.3 is 0 Å². The Balaban J connectivity index is 1.43. The monoisotopic (exact) mass is 386 g/mol. The summed E-state index contributed by atoms with van der Waals surface area (Å²) < 4.78 is 5.94. The van der Waals surface area contributed by atoms with E-state index in [2.05, 4.69) is 22.3 Å². The van der Waals surface area contributed by atoms with E-state index in [1.165, 1.54) is 0 Å². The van der Waals surface area contributed by atoms with Crippen LogP contribution in [-0.2, 0) is 4.79 Å². The molecular formula is C20H23ClN4O2. The minimum atomic E-state index is -0.407. The Morgan fingerprint density at radius 3 is 2.70 bits per heavy atom. The Morgan fingerprint density at radius 2 is 2.04 bits per heavy atom. The molecule has 2 aliphatic rings. The lowest BCUT2D eigenvalue weighted by atomic mass is 9.93. The van der Waals surface area contributed by atoms with Crippen molar-refractivity contribution in [1.82, 2.24) is 15.2 Å². The maximum atomic E-state index is 12.5. The number of halogens is 1. The average molecular weight is 387 g/mol. The Kier molecular flexibility index (Phi) is 6.55. The predicted octanol–water partition coefficient (Wildman–Crippen LogP) is 2.53. The van der Waals surface area contributed by atoms with Crippen LogP contribution < -0.4 is 10.1 Å². The number of terminal acetylenes is 1. The molecule has 7 heteroatoms. The lowest BCUT2D eigenvalue weighted by molar-refractivity contribution is -0.131. The van der Waals surface area contributed by atoms with Gasteiger partial charge in [-0.1, -0.05) is 17.5 Å². The molecule has 3 rings (SSSR count). The van der Waals surface area contributed by atoms with E-state index in [0.717, 1.165) is 25.7 Å². The van der Waals surface area contributed by atoms with Crippen molar-refractivity contribution in [3.8, 4) is 24.2 Å². The molecule has 0 bridgehead atoms. The molecule has 142 valence electrons. The second kappa shape index (κ2) is 9.08. The number of hydrogen-bond donors (Lipinski definition) is 1. The number of nitrogens with one attached hydrogen (secondary N) is 1. The first-order valence-electron chi connectivity index (χ1n) is 9.28. The molecule has 2 fully saturated rings. The number of carbonyl (C=O) groups is 1. The van der Waals surface area contributed by atoms with Crippen LogP contribution in [0.15, 0.2) is 18.5 Å². The van der Waals surface area contributed by atoms with E-state index in [0.29, 0.717) is 23.6 Å². The van der Waals surface area contributed by atoms with Gasteiger partial charge in [0.05, 0.1) is 36.0 Å². The summed E-state index contributed by atoms with van der Waals surface area (Å²) in [5, 5.41) is 13.1. The van der Waals surface area contributed by atoms with Gasteiger partial charge in [-0.05, 0) is 38.5 Å². The van der Waals surface area contributed by atoms with Gasteiger partial charge in [-0.15, -0.1) is 6.42 Å². The molecule has 0 radical (unpaired) electrons. The minimum Gasteiger partial charge on any atom is -0.489 e. The normalized spacial score (nSPS) is 27.6. The second-order valence-electron chi connectivity index (χ2n) is 7.02. The fourth-order valence-corrected chi connectivity index (χ4v) is 3.97. The van der Waals surface area contributed by atoms with Crippen LogP contribution in [0, 0.1) is 23.7 Å². The minimum absolute atomic E-state index is 0.0922. The van der Waals surface area contributed by atoms with Crippen LogP contribution >= 0.6 is 11.6 Å². The fourth-order valence-electron chi connectivity index (χ4n) is 3.81. The topological polar surface area (TPSA) is 78.2 Å². The summed E-state index contributed by atoms with van der Waals surface area (Å²) in [5.41, 5.74) is 0. The molecule has 1 aromatic heterocycles. The van der Waals surface area contributed by atoms with Crippen molar-refractivity contribution in [2.45, 2.75) is 62.8 Å². The van der Waals surface area contributed by atoms with Crippen molar-refractivity contribution in [3.05, 3.63) is 23.5 Å². The van der Waals surface area contributed by atoms with Gasteiger partial charge in [-0.25, -0.2) is 0 Å². The van der Waals surface area contributed by atoms with Gasteiger partial charge in [0, 0.05) is 18.3 Å². The highest BCUT2D eigenvalue weighted by Gasteiger charge is 2.36. The van der Waals surface area contributed by atoms with Crippen molar-refractivity contribution >= 4 is 17.5 Å². The Hall–Kier alpha value is -2.28. The van der Waals surface area contributed by atoms with E-state index in [4.69, 9.17) is 22.8 Å². The first-order valence-corrected chi connectivity index (χ1v) is 9.66. The lowest BCUT2D eigenvalue weighted by Gasteiger charge is -2.30. The highest BCUT2D eigenvalue weighted by molar-refractivity contribution is 6.30. The summed E-state index contributed by atoms with van der Waals surface area (Å²) >= 11 is 5.93. The van der Waals surface area contributed by atoms with E-state index < -0.39 is 6.04 Å². The van der Waals surface area contributed by atoms with E-state index in [1.54, 1.807) is 23.4 Å². The van der Waals surface area contributed by atoms with Crippen LogP contribution in [0.2, 0.25) is 5.02 Å². The number of aromatic nitrogens is 1. The molecule has 27 heavy (non-hydrogen) atoms. The Morgan fingerprint density at radius 1 is 1.30 bits per heavy atom. The van der Waals surface area contributed by atoms with Gasteiger partial charge in [0.15, 0.2) is 0 Å². The lowest BCUT2D eigenvalue weighted by Crippen LogP contribution is -2.47. The van der Waals surface area contributed by atoms with Gasteiger partial charge in [-0.3, -0.25) is 9.78 Å². The average Bonchev–Trinajstić information content (AvgIpc) is 3.10. The molecule has 1 amide bonds. The van der Waals surface area contributed by atoms with Crippen LogP contribution in [0.1, 0.15) is 38.5 Å². The SMILES string of the molecule is C#CC1CC[C@@H](C#N)N1C(=O)CN[C@H]1CC[C@H](Oc2cncc(Cl)c2)CC1. The van der Waals surface area contributed by atoms with Crippen molar-refractivity contribution in [2.24, 2.45) is 0 Å². The van der Waals surface area contributed by atoms with Crippen LogP contribution in [0.5, 0.6) is 5.75 Å². The molecule has 0 aromatic carbocycles. The van der Waals surface area contributed by atoms with Crippen molar-refractivity contribution in [1.29, 1.82) is 5.26 Å². The fraction of sp³-hybridized carbons (Fsp3) is 0.550. The molecule has 6 nitrogen and oxygen atoms in total. The molecule has 1 saturated carbocycles. The predicted molar refractivity (Wildman–Crippen MR) is 102 cm³/mol. The molecule has 1 N–H and O–H groups in total. The molecule has 0 spiro atoms. The molecule has 1 aliphatic heterocycles. The Bertz CT molecular complexity index is 727. The number of likely N-dealkylation sites (tertiary alicyclic amines) is 1. The summed E-state index contributed by atoms with van der Waals surface area (Å²) in [6.07, 6.45) is 13.9. The van der Waals surface area contributed by atoms with Gasteiger partial charge in [0.25, 0.3) is 0 Å². The van der Waals surface area contributed by atoms with Crippen LogP contribution in [0.3, 0.4) is 0 Å². The van der Waals surface area contributed by atoms with E-state index in [9.17, 15) is 10.1 Å². The van der Waals surface area contributed by atoms with Gasteiger partial charge in [-0.2, -0.15) is 5.26 Å². The molecule has 1 aliphatic carbocycles. The standard InChI is InChI=1S/C20H23ClN4O2/c1-2-16-5-6-17(10-22)25(16)20(26)13-24-15-3-7-18(8-4-15)27-19-9-14(21)11-23-12-19/h1,9,11-12,15-18,24H,3-8,13H2/t15-,16?,17-,18-/m0/s1. The van der Waals surface area contributed by atoms with Gasteiger partial charge < -0.3 is 15.0 Å². The number of ether oxygens (including phenoxy) is 1. The van der Waals surface area contributed by atoms with E-state index in [-0.39, 0.29) is 30.6 Å². The highest BCUT2D eigenvalue weighted by Crippen LogP contribution is 2.26. The molecular weight excluding hydrogens is 364 g/mol. The van der Waals surface area contributed by atoms with Gasteiger partial charge in [0.1, 0.15) is 11.8 Å². The number of pyridine rings is 1. The zero-order valence-corrected chi connectivity index (χ0v) is 15.9. The molecule has 1 aromatic rings. The van der Waals surface area contributed by atoms with Crippen LogP contribution in [0.4, 0.5) is 0 Å². The smallest absolute Gasteiger partial charge is 0.238 e. The third-order valence-electron chi connectivity index (χ3n) is 5.21. The largest absolute Gasteiger partial charge is 0.489 e. The summed E-state index contributed by atoms with van der Waals surface area (Å²) in [6, 6.07) is 3.54. The quantitative estimate of drug-likeness (QED) is 0.787. The Labute approximate surface area is 164 Å². The van der Waals surface area contributed by atoms with E-state index in [1.807, 2.05) is 0 Å². The third-order valence-corrected chi connectivity index (χ3v) is 5.42. The third kappa shape index (κ3) is 4.91. The molecule has 2 atom stereocenters. The zero-order chi connectivity index (χ0) is 19.2. The first kappa shape index (κ1) is 19.5. The molecule has 2 heterocycles. The van der Waals surface area contributed by atoms with E-state index >= 15 is 0 Å². The maximum Gasteiger partial charge on any atom is 0.238 e. The highest BCUT2D eigenvalue weighted by atomic mass is 35.5.